The van der Waals surface area contributed by atoms with Gasteiger partial charge in [-0.05, 0) is 106 Å². The summed E-state index contributed by atoms with van der Waals surface area (Å²) in [6.45, 7) is 4.75. The molecule has 0 spiro atoms. The number of allylic oxidation sites excluding steroid dienone is 2. The Bertz CT molecular complexity index is 669. The zero-order valence-corrected chi connectivity index (χ0v) is 18.6. The Hall–Kier alpha value is -0.990. The zero-order valence-electron chi connectivity index (χ0n) is 18.6. The summed E-state index contributed by atoms with van der Waals surface area (Å²) in [6, 6.07) is 0. The second-order valence-electron chi connectivity index (χ2n) is 11.2. The molecule has 0 bridgehead atoms. The zero-order chi connectivity index (χ0) is 20.1. The molecule has 7 atom stereocenters. The van der Waals surface area contributed by atoms with Crippen LogP contribution in [-0.2, 0) is 14.3 Å². The fraction of sp³-hybridized carbons (Fsp3) is 0.885. The molecule has 0 N–H and O–H groups in total. The van der Waals surface area contributed by atoms with E-state index in [2.05, 4.69) is 13.0 Å². The van der Waals surface area contributed by atoms with Crippen LogP contribution in [0.5, 0.6) is 0 Å². The van der Waals surface area contributed by atoms with Gasteiger partial charge in [0.05, 0.1) is 5.76 Å². The first-order valence-electron chi connectivity index (χ1n) is 12.5. The second-order valence-corrected chi connectivity index (χ2v) is 11.2. The van der Waals surface area contributed by atoms with Gasteiger partial charge in [-0.3, -0.25) is 4.79 Å². The van der Waals surface area contributed by atoms with Gasteiger partial charge in [-0.15, -0.1) is 0 Å². The number of carbonyl (C=O) groups is 1. The van der Waals surface area contributed by atoms with Crippen LogP contribution in [0, 0.1) is 34.5 Å². The summed E-state index contributed by atoms with van der Waals surface area (Å²) in [4.78, 5) is 11.9. The minimum Gasteiger partial charge on any atom is -0.494 e. The average molecular weight is 401 g/mol. The summed E-state index contributed by atoms with van der Waals surface area (Å²) >= 11 is 0. The van der Waals surface area contributed by atoms with Crippen molar-refractivity contribution < 1.29 is 14.3 Å². The molecule has 1 unspecified atom stereocenters. The Morgan fingerprint density at radius 1 is 1.03 bits per heavy atom. The van der Waals surface area contributed by atoms with Crippen LogP contribution in [0.3, 0.4) is 0 Å². The van der Waals surface area contributed by atoms with Crippen molar-refractivity contribution in [1.82, 2.24) is 0 Å². The van der Waals surface area contributed by atoms with Crippen LogP contribution in [0.25, 0.3) is 0 Å². The Kier molecular flexibility index (Phi) is 5.23. The highest BCUT2D eigenvalue weighted by Gasteiger charge is 2.63. The Labute approximate surface area is 177 Å². The lowest BCUT2D eigenvalue weighted by atomic mass is 9.44. The third-order valence-electron chi connectivity index (χ3n) is 9.95. The van der Waals surface area contributed by atoms with Crippen LogP contribution in [0.1, 0.15) is 97.3 Å². The van der Waals surface area contributed by atoms with E-state index in [1.165, 1.54) is 70.0 Å². The second kappa shape index (κ2) is 7.61. The van der Waals surface area contributed by atoms with Crippen LogP contribution in [0.2, 0.25) is 0 Å². The highest BCUT2D eigenvalue weighted by Crippen LogP contribution is 2.67. The van der Waals surface area contributed by atoms with Crippen molar-refractivity contribution in [2.45, 2.75) is 103 Å². The highest BCUT2D eigenvalue weighted by molar-refractivity contribution is 5.66. The molecule has 0 aromatic carbocycles. The Balaban J connectivity index is 1.50. The molecule has 162 valence electrons. The molecule has 0 saturated heterocycles. The van der Waals surface area contributed by atoms with E-state index in [9.17, 15) is 4.79 Å². The lowest BCUT2D eigenvalue weighted by Gasteiger charge is -2.62. The molecule has 5 aliphatic rings. The normalized spacial score (nSPS) is 46.3. The summed E-state index contributed by atoms with van der Waals surface area (Å²) in [5, 5.41) is 0. The lowest BCUT2D eigenvalue weighted by Crippen LogP contribution is -2.61. The van der Waals surface area contributed by atoms with Crippen molar-refractivity contribution in [2.75, 3.05) is 6.61 Å². The maximum atomic E-state index is 11.9. The third kappa shape index (κ3) is 3.26. The van der Waals surface area contributed by atoms with Crippen molar-refractivity contribution >= 4 is 5.97 Å². The number of fused-ring (bicyclic) bond motifs is 5. The number of carbonyl (C=O) groups excluding carboxylic acids is 1. The molecule has 0 aromatic heterocycles. The molecule has 5 aliphatic carbocycles. The first-order chi connectivity index (χ1) is 14.0. The largest absolute Gasteiger partial charge is 0.494 e. The molecule has 5 rings (SSSR count). The standard InChI is InChI=1S/C26H40O3/c1-18(27)28-17-26-19(7-5-11-24(26)29-20-8-3-4-9-20)12-13-21-22-10-6-15-25(22,2)16-14-23(21)26/h8,19,21-24H,3-7,9-17H2,1-2H3/t19-,21+,22+,23+,24?,25+,26+/m1/s1. The summed E-state index contributed by atoms with van der Waals surface area (Å²) in [5.41, 5.74) is 0.607. The minimum absolute atomic E-state index is 0.0419. The summed E-state index contributed by atoms with van der Waals surface area (Å²) in [6.07, 6.45) is 19.4. The minimum atomic E-state index is -0.119. The molecular formula is C26H40O3. The predicted octanol–water partition coefficient (Wildman–Crippen LogP) is 6.42. The molecule has 4 fully saturated rings. The van der Waals surface area contributed by atoms with Gasteiger partial charge in [-0.25, -0.2) is 0 Å². The van der Waals surface area contributed by atoms with Crippen molar-refractivity contribution in [3.63, 3.8) is 0 Å². The van der Waals surface area contributed by atoms with Crippen LogP contribution >= 0.6 is 0 Å². The van der Waals surface area contributed by atoms with Crippen molar-refractivity contribution in [3.8, 4) is 0 Å². The topological polar surface area (TPSA) is 35.5 Å². The molecule has 0 amide bonds. The van der Waals surface area contributed by atoms with Gasteiger partial charge in [0.25, 0.3) is 0 Å². The molecule has 0 aliphatic heterocycles. The molecule has 0 heterocycles. The van der Waals surface area contributed by atoms with Gasteiger partial charge < -0.3 is 9.47 Å². The quantitative estimate of drug-likeness (QED) is 0.511. The van der Waals surface area contributed by atoms with E-state index in [1.807, 2.05) is 0 Å². The van der Waals surface area contributed by atoms with Gasteiger partial charge >= 0.3 is 5.97 Å². The van der Waals surface area contributed by atoms with Gasteiger partial charge in [-0.1, -0.05) is 13.3 Å². The number of hydrogen-bond acceptors (Lipinski definition) is 3. The Morgan fingerprint density at radius 3 is 2.72 bits per heavy atom. The summed E-state index contributed by atoms with van der Waals surface area (Å²) in [7, 11) is 0. The van der Waals surface area contributed by atoms with Crippen LogP contribution in [-0.4, -0.2) is 18.7 Å². The summed E-state index contributed by atoms with van der Waals surface area (Å²) in [5.74, 6) is 4.13. The van der Waals surface area contributed by atoms with Gasteiger partial charge in [0, 0.05) is 18.8 Å². The highest BCUT2D eigenvalue weighted by atomic mass is 16.5. The van der Waals surface area contributed by atoms with E-state index in [0.717, 1.165) is 31.1 Å². The van der Waals surface area contributed by atoms with E-state index in [-0.39, 0.29) is 17.5 Å². The van der Waals surface area contributed by atoms with Crippen molar-refractivity contribution in [1.29, 1.82) is 0 Å². The molecule has 29 heavy (non-hydrogen) atoms. The van der Waals surface area contributed by atoms with Crippen LogP contribution in [0.15, 0.2) is 11.8 Å². The maximum Gasteiger partial charge on any atom is 0.302 e. The van der Waals surface area contributed by atoms with E-state index in [1.54, 1.807) is 6.92 Å². The molecule has 3 nitrogen and oxygen atoms in total. The maximum absolute atomic E-state index is 11.9. The van der Waals surface area contributed by atoms with Crippen molar-refractivity contribution in [3.05, 3.63) is 11.8 Å². The van der Waals surface area contributed by atoms with Crippen molar-refractivity contribution in [2.24, 2.45) is 34.5 Å². The van der Waals surface area contributed by atoms with Gasteiger partial charge in [0.15, 0.2) is 0 Å². The molecule has 4 saturated carbocycles. The smallest absolute Gasteiger partial charge is 0.302 e. The monoisotopic (exact) mass is 400 g/mol. The van der Waals surface area contributed by atoms with E-state index >= 15 is 0 Å². The fourth-order valence-corrected chi connectivity index (χ4v) is 8.69. The van der Waals surface area contributed by atoms with Crippen LogP contribution in [0.4, 0.5) is 0 Å². The first-order valence-corrected chi connectivity index (χ1v) is 12.5. The third-order valence-corrected chi connectivity index (χ3v) is 9.95. The number of esters is 1. The van der Waals surface area contributed by atoms with Gasteiger partial charge in [0.2, 0.25) is 0 Å². The number of ether oxygens (including phenoxy) is 2. The SMILES string of the molecule is CC(=O)OC[C@]12C(OC3=CCCC3)CCC[C@@H]1CC[C@H]1[C@@H]3CCC[C@@]3(C)CC[C@@H]12. The lowest BCUT2D eigenvalue weighted by molar-refractivity contribution is -0.203. The number of rotatable bonds is 4. The number of hydrogen-bond donors (Lipinski definition) is 0. The van der Waals surface area contributed by atoms with E-state index in [0.29, 0.717) is 23.9 Å². The average Bonchev–Trinajstić information content (AvgIpc) is 3.35. The summed E-state index contributed by atoms with van der Waals surface area (Å²) < 4.78 is 12.7. The van der Waals surface area contributed by atoms with Crippen LogP contribution < -0.4 is 0 Å². The predicted molar refractivity (Wildman–Crippen MR) is 114 cm³/mol. The van der Waals surface area contributed by atoms with Gasteiger partial charge in [0.1, 0.15) is 12.7 Å². The van der Waals surface area contributed by atoms with E-state index in [4.69, 9.17) is 9.47 Å². The molecular weight excluding hydrogens is 360 g/mol. The first kappa shape index (κ1) is 19.9. The molecule has 0 aromatic rings. The van der Waals surface area contributed by atoms with Gasteiger partial charge in [-0.2, -0.15) is 0 Å². The Morgan fingerprint density at radius 2 is 1.93 bits per heavy atom. The van der Waals surface area contributed by atoms with E-state index < -0.39 is 0 Å². The molecule has 3 heteroatoms. The fourth-order valence-electron chi connectivity index (χ4n) is 8.69. The molecule has 0 radical (unpaired) electrons.